The van der Waals surface area contributed by atoms with Crippen molar-refractivity contribution in [2.24, 2.45) is 23.7 Å². The molecule has 1 aliphatic rings. The van der Waals surface area contributed by atoms with Crippen LogP contribution in [0, 0.1) is 23.7 Å². The monoisotopic (exact) mass is 1180 g/mol. The fraction of sp³-hybridized carbons (Fsp3) is 0.950. The quantitative estimate of drug-likeness (QED) is 0.0617. The predicted molar refractivity (Wildman–Crippen MR) is 375 cm³/mol. The summed E-state index contributed by atoms with van der Waals surface area (Å²) < 4.78 is 22.1. The lowest BCUT2D eigenvalue weighted by atomic mass is 9.88. The number of rotatable bonds is 70. The Morgan fingerprint density at radius 1 is 0.298 bits per heavy atom. The third-order valence-corrected chi connectivity index (χ3v) is 19.8. The average molecular weight is 1180 g/mol. The normalized spacial score (nSPS) is 15.7. The van der Waals surface area contributed by atoms with Crippen molar-refractivity contribution >= 4 is 0 Å². The van der Waals surface area contributed by atoms with Gasteiger partial charge in [-0.1, -0.05) is 395 Å². The van der Waals surface area contributed by atoms with Crippen LogP contribution in [0.15, 0.2) is 23.2 Å². The molecule has 5 atom stereocenters. The summed E-state index contributed by atoms with van der Waals surface area (Å²) in [7, 11) is 0. The van der Waals surface area contributed by atoms with Gasteiger partial charge in [0.25, 0.3) is 0 Å². The minimum Gasteiger partial charge on any atom is -0.491 e. The minimum atomic E-state index is -0.227. The highest BCUT2D eigenvalue weighted by Crippen LogP contribution is 2.36. The molecule has 0 aromatic rings. The summed E-state index contributed by atoms with van der Waals surface area (Å²) in [6.45, 7) is 18.6. The average Bonchev–Trinajstić information content (AvgIpc) is 3.53. The molecule has 1 aliphatic carbocycles. The number of aliphatic hydroxyl groups excluding tert-OH is 1. The van der Waals surface area contributed by atoms with Crippen LogP contribution in [0.1, 0.15) is 434 Å². The molecule has 0 bridgehead atoms. The molecule has 4 nitrogen and oxygen atoms in total. The standard InChI is InChI=1S/C80H156O4/c1-8-14-20-26-32-38-41-47-53-57-63-74(62-56-50-44-35-29-23-17-11-4)70-82-78-68-77(69-81)73(7)79(83-71-75(64-58-51-45-36-30-24-18-12-5)65-59-54-48-42-39-33-27-21-15-9-2)80(78)84-72-76(66-60-52-46-37-31-25-19-13-6)67-61-55-49-43-40-34-28-22-16-10-3/h68,73-76,79,81H,8-67,69-72H2,1-7H3/t73-,74-,75?,76?,79?/m1/s1. The van der Waals surface area contributed by atoms with Crippen molar-refractivity contribution in [2.75, 3.05) is 26.4 Å². The van der Waals surface area contributed by atoms with Gasteiger partial charge in [0.2, 0.25) is 0 Å². The summed E-state index contributed by atoms with van der Waals surface area (Å²) in [6.07, 6.45) is 83.8. The third-order valence-electron chi connectivity index (χ3n) is 19.8. The van der Waals surface area contributed by atoms with Crippen LogP contribution in [0.4, 0.5) is 0 Å². The lowest BCUT2D eigenvalue weighted by molar-refractivity contribution is -0.0290. The van der Waals surface area contributed by atoms with Crippen LogP contribution in [0.25, 0.3) is 0 Å². The Hall–Kier alpha value is -1.00. The number of aliphatic hydroxyl groups is 1. The summed E-state index contributed by atoms with van der Waals surface area (Å²) in [6, 6.07) is 0. The number of unbranched alkanes of at least 4 members (excludes halogenated alkanes) is 48. The lowest BCUT2D eigenvalue weighted by Gasteiger charge is -2.35. The molecular weight excluding hydrogens is 1020 g/mol. The SMILES string of the molecule is CCCCCCCCCCCCC(CCCCCCCCCC)COC1=C(OC[C@H](CCCCCCCCCC)CCCCCCCCCCCC)C=C(CO)[C@@H](C)C1OCC(CCCCCCCCCC)CCCCCCCCCCCC. The Morgan fingerprint density at radius 3 is 0.750 bits per heavy atom. The summed E-state index contributed by atoms with van der Waals surface area (Å²) in [5.41, 5.74) is 1.05. The first kappa shape index (κ1) is 81.0. The highest BCUT2D eigenvalue weighted by atomic mass is 16.6. The molecule has 0 aromatic carbocycles. The summed E-state index contributed by atoms with van der Waals surface area (Å²) in [4.78, 5) is 0. The van der Waals surface area contributed by atoms with Crippen molar-refractivity contribution in [3.63, 3.8) is 0 Å². The molecule has 0 amide bonds. The Labute approximate surface area is 529 Å². The van der Waals surface area contributed by atoms with E-state index in [1.165, 1.54) is 385 Å². The second-order valence-corrected chi connectivity index (χ2v) is 28.1. The molecule has 0 heterocycles. The van der Waals surface area contributed by atoms with Gasteiger partial charge in [0.15, 0.2) is 11.5 Å². The molecule has 84 heavy (non-hydrogen) atoms. The lowest BCUT2D eigenvalue weighted by Crippen LogP contribution is -2.34. The smallest absolute Gasteiger partial charge is 0.167 e. The molecule has 0 spiro atoms. The van der Waals surface area contributed by atoms with Crippen molar-refractivity contribution in [3.05, 3.63) is 23.2 Å². The van der Waals surface area contributed by atoms with Crippen LogP contribution in [0.5, 0.6) is 0 Å². The Balaban J connectivity index is 3.49. The van der Waals surface area contributed by atoms with Gasteiger partial charge >= 0.3 is 0 Å². The molecule has 4 heteroatoms. The Kier molecular flexibility index (Phi) is 62.7. The van der Waals surface area contributed by atoms with Gasteiger partial charge in [0.05, 0.1) is 26.4 Å². The van der Waals surface area contributed by atoms with E-state index >= 15 is 0 Å². The van der Waals surface area contributed by atoms with Gasteiger partial charge in [-0.05, 0) is 67.9 Å². The molecular formula is C80H156O4. The van der Waals surface area contributed by atoms with Gasteiger partial charge in [-0.2, -0.15) is 0 Å². The van der Waals surface area contributed by atoms with E-state index in [0.717, 1.165) is 36.9 Å². The summed E-state index contributed by atoms with van der Waals surface area (Å²) >= 11 is 0. The van der Waals surface area contributed by atoms with E-state index in [9.17, 15) is 5.11 Å². The van der Waals surface area contributed by atoms with E-state index in [2.05, 4.69) is 54.5 Å². The number of allylic oxidation sites excluding steroid dienone is 1. The van der Waals surface area contributed by atoms with Crippen molar-refractivity contribution in [2.45, 2.75) is 440 Å². The van der Waals surface area contributed by atoms with Gasteiger partial charge < -0.3 is 19.3 Å². The zero-order chi connectivity index (χ0) is 60.7. The van der Waals surface area contributed by atoms with Crippen molar-refractivity contribution in [3.8, 4) is 0 Å². The second kappa shape index (κ2) is 65.0. The number of hydrogen-bond acceptors (Lipinski definition) is 4. The summed E-state index contributed by atoms with van der Waals surface area (Å²) in [5, 5.41) is 11.1. The van der Waals surface area contributed by atoms with E-state index in [4.69, 9.17) is 14.2 Å². The molecule has 1 N–H and O–H groups in total. The van der Waals surface area contributed by atoms with Crippen molar-refractivity contribution < 1.29 is 19.3 Å². The Bertz CT molecular complexity index is 1350. The molecule has 3 unspecified atom stereocenters. The number of hydrogen-bond donors (Lipinski definition) is 1. The fourth-order valence-electron chi connectivity index (χ4n) is 13.7. The van der Waals surface area contributed by atoms with E-state index in [1.54, 1.807) is 0 Å². The van der Waals surface area contributed by atoms with Crippen LogP contribution in [-0.4, -0.2) is 37.6 Å². The molecule has 0 saturated carbocycles. The van der Waals surface area contributed by atoms with Crippen LogP contribution in [0.3, 0.4) is 0 Å². The van der Waals surface area contributed by atoms with Crippen LogP contribution in [0.2, 0.25) is 0 Å². The van der Waals surface area contributed by atoms with Gasteiger partial charge in [0.1, 0.15) is 6.10 Å². The Morgan fingerprint density at radius 2 is 0.512 bits per heavy atom. The number of ether oxygens (including phenoxy) is 3. The second-order valence-electron chi connectivity index (χ2n) is 28.1. The maximum absolute atomic E-state index is 11.1. The maximum atomic E-state index is 11.1. The van der Waals surface area contributed by atoms with E-state index in [0.29, 0.717) is 17.8 Å². The van der Waals surface area contributed by atoms with Gasteiger partial charge in [-0.25, -0.2) is 0 Å². The topological polar surface area (TPSA) is 47.9 Å². The van der Waals surface area contributed by atoms with Crippen LogP contribution in [-0.2, 0) is 14.2 Å². The molecule has 500 valence electrons. The van der Waals surface area contributed by atoms with Crippen LogP contribution < -0.4 is 0 Å². The van der Waals surface area contributed by atoms with Crippen molar-refractivity contribution in [1.29, 1.82) is 0 Å². The van der Waals surface area contributed by atoms with Gasteiger partial charge in [0, 0.05) is 5.92 Å². The van der Waals surface area contributed by atoms with E-state index < -0.39 is 0 Å². The maximum Gasteiger partial charge on any atom is 0.167 e. The van der Waals surface area contributed by atoms with E-state index in [1.807, 2.05) is 0 Å². The van der Waals surface area contributed by atoms with Crippen molar-refractivity contribution in [1.82, 2.24) is 0 Å². The summed E-state index contributed by atoms with van der Waals surface area (Å²) in [5.74, 6) is 3.53. The zero-order valence-corrected chi connectivity index (χ0v) is 58.9. The largest absolute Gasteiger partial charge is 0.491 e. The minimum absolute atomic E-state index is 0.0432. The third kappa shape index (κ3) is 49.8. The first-order valence-corrected chi connectivity index (χ1v) is 39.4. The first-order chi connectivity index (χ1) is 41.5. The molecule has 0 fully saturated rings. The van der Waals surface area contributed by atoms with Gasteiger partial charge in [-0.3, -0.25) is 0 Å². The molecule has 0 aliphatic heterocycles. The molecule has 1 rings (SSSR count). The van der Waals surface area contributed by atoms with Crippen LogP contribution >= 0.6 is 0 Å². The molecule has 0 saturated heterocycles. The van der Waals surface area contributed by atoms with Gasteiger partial charge in [-0.15, -0.1) is 0 Å². The van der Waals surface area contributed by atoms with E-state index in [-0.39, 0.29) is 18.6 Å². The predicted octanol–water partition coefficient (Wildman–Crippen LogP) is 27.6. The molecule has 0 radical (unpaired) electrons. The first-order valence-electron chi connectivity index (χ1n) is 39.4. The highest BCUT2D eigenvalue weighted by molar-refractivity contribution is 5.33. The fourth-order valence-corrected chi connectivity index (χ4v) is 13.7. The molecule has 0 aromatic heterocycles. The zero-order valence-electron chi connectivity index (χ0n) is 58.9. The highest BCUT2D eigenvalue weighted by Gasteiger charge is 2.35.